The Kier molecular flexibility index (Phi) is 5.32. The van der Waals surface area contributed by atoms with Crippen LogP contribution in [0.4, 0.5) is 0 Å². The lowest BCUT2D eigenvalue weighted by atomic mass is 9.77. The molecule has 1 unspecified atom stereocenters. The second kappa shape index (κ2) is 7.32. The molecule has 1 amide bonds. The Morgan fingerprint density at radius 2 is 2.12 bits per heavy atom. The maximum atomic E-state index is 12.7. The average molecular weight is 348 g/mol. The van der Waals surface area contributed by atoms with Gasteiger partial charge in [-0.05, 0) is 44.1 Å². The molecule has 2 aliphatic heterocycles. The highest BCUT2D eigenvalue weighted by atomic mass is 16.5. The van der Waals surface area contributed by atoms with Crippen LogP contribution < -0.4 is 10.1 Å². The Hall–Kier alpha value is -1.63. The first kappa shape index (κ1) is 18.2. The first-order valence-electron chi connectivity index (χ1n) is 8.92. The van der Waals surface area contributed by atoms with Gasteiger partial charge in [0.05, 0.1) is 24.9 Å². The van der Waals surface area contributed by atoms with Crippen molar-refractivity contribution in [2.24, 2.45) is 0 Å². The summed E-state index contributed by atoms with van der Waals surface area (Å²) < 4.78 is 11.2. The molecule has 2 heterocycles. The third-order valence-corrected chi connectivity index (χ3v) is 5.34. The maximum absolute atomic E-state index is 12.7. The molecule has 2 N–H and O–H groups in total. The molecule has 25 heavy (non-hydrogen) atoms. The fraction of sp³-hybridized carbons (Fsp3) is 0.632. The van der Waals surface area contributed by atoms with Crippen LogP contribution in [0.2, 0.25) is 0 Å². The van der Waals surface area contributed by atoms with Crippen molar-refractivity contribution in [3.8, 4) is 5.75 Å². The zero-order chi connectivity index (χ0) is 17.9. The minimum absolute atomic E-state index is 0.113. The number of methoxy groups -OCH3 is 1. The molecule has 138 valence electrons. The Bertz CT molecular complexity index is 610. The van der Waals surface area contributed by atoms with Crippen LogP contribution in [-0.2, 0) is 4.74 Å². The largest absolute Gasteiger partial charge is 0.497 e. The number of hydrogen-bond acceptors (Lipinski definition) is 5. The Balaban J connectivity index is 1.68. The fourth-order valence-electron chi connectivity index (χ4n) is 4.02. The molecule has 1 aromatic rings. The molecule has 3 rings (SSSR count). The standard InChI is InChI=1S/C19H28N2O4/c1-21(17(22)15-4-3-5-16(12-15)24-2)14-18(23)8-11-25-19(13-18)6-9-20-10-7-19/h3-5,12,20,23H,6-11,13-14H2,1-2H3. The molecule has 6 nitrogen and oxygen atoms in total. The summed E-state index contributed by atoms with van der Waals surface area (Å²) in [4.78, 5) is 14.3. The highest BCUT2D eigenvalue weighted by Crippen LogP contribution is 2.38. The number of ether oxygens (including phenoxy) is 2. The van der Waals surface area contributed by atoms with Gasteiger partial charge in [0.15, 0.2) is 0 Å². The summed E-state index contributed by atoms with van der Waals surface area (Å²) in [5, 5.41) is 14.5. The molecule has 0 radical (unpaired) electrons. The zero-order valence-corrected chi connectivity index (χ0v) is 15.1. The van der Waals surface area contributed by atoms with Gasteiger partial charge in [-0.1, -0.05) is 6.07 Å². The molecule has 1 spiro atoms. The highest BCUT2D eigenvalue weighted by molar-refractivity contribution is 5.94. The number of benzene rings is 1. The van der Waals surface area contributed by atoms with Gasteiger partial charge in [0.2, 0.25) is 0 Å². The zero-order valence-electron chi connectivity index (χ0n) is 15.1. The first-order valence-corrected chi connectivity index (χ1v) is 8.92. The lowest BCUT2D eigenvalue weighted by molar-refractivity contribution is -0.173. The van der Waals surface area contributed by atoms with Crippen molar-refractivity contribution in [2.75, 3.05) is 40.4 Å². The predicted octanol–water partition coefficient (Wildman–Crippen LogP) is 1.43. The summed E-state index contributed by atoms with van der Waals surface area (Å²) in [6.45, 7) is 2.67. The van der Waals surface area contributed by atoms with Gasteiger partial charge in [-0.3, -0.25) is 4.79 Å². The van der Waals surface area contributed by atoms with E-state index in [0.29, 0.717) is 37.3 Å². The van der Waals surface area contributed by atoms with Crippen molar-refractivity contribution >= 4 is 5.91 Å². The topological polar surface area (TPSA) is 71.0 Å². The van der Waals surface area contributed by atoms with Crippen LogP contribution >= 0.6 is 0 Å². The summed E-state index contributed by atoms with van der Waals surface area (Å²) in [5.41, 5.74) is -0.592. The third kappa shape index (κ3) is 4.14. The molecule has 2 saturated heterocycles. The Morgan fingerprint density at radius 3 is 2.84 bits per heavy atom. The molecule has 0 saturated carbocycles. The molecule has 0 aliphatic carbocycles. The van der Waals surface area contributed by atoms with Crippen LogP contribution in [0.1, 0.15) is 36.0 Å². The summed E-state index contributed by atoms with van der Waals surface area (Å²) in [6.07, 6.45) is 2.95. The minimum atomic E-state index is -0.904. The first-order chi connectivity index (χ1) is 12.0. The van der Waals surface area contributed by atoms with E-state index in [2.05, 4.69) is 5.32 Å². The van der Waals surface area contributed by atoms with Crippen molar-refractivity contribution in [3.63, 3.8) is 0 Å². The molecule has 2 aliphatic rings. The lowest BCUT2D eigenvalue weighted by Crippen LogP contribution is -2.57. The number of amides is 1. The molecule has 2 fully saturated rings. The number of piperidine rings is 1. The van der Waals surface area contributed by atoms with Gasteiger partial charge in [-0.25, -0.2) is 0 Å². The number of nitrogens with zero attached hydrogens (tertiary/aromatic N) is 1. The van der Waals surface area contributed by atoms with E-state index < -0.39 is 5.60 Å². The molecule has 0 aromatic heterocycles. The quantitative estimate of drug-likeness (QED) is 0.861. The molecule has 1 aromatic carbocycles. The predicted molar refractivity (Wildman–Crippen MR) is 94.9 cm³/mol. The van der Waals surface area contributed by atoms with Gasteiger partial charge in [0.1, 0.15) is 5.75 Å². The monoisotopic (exact) mass is 348 g/mol. The van der Waals surface area contributed by atoms with Crippen LogP contribution in [0.3, 0.4) is 0 Å². The van der Waals surface area contributed by atoms with Crippen LogP contribution in [0.15, 0.2) is 24.3 Å². The third-order valence-electron chi connectivity index (χ3n) is 5.34. The average Bonchev–Trinajstić information content (AvgIpc) is 2.61. The molecule has 6 heteroatoms. The fourth-order valence-corrected chi connectivity index (χ4v) is 4.02. The van der Waals surface area contributed by atoms with Gasteiger partial charge in [-0.15, -0.1) is 0 Å². The SMILES string of the molecule is COc1cccc(C(=O)N(C)CC2(O)CCOC3(CCNCC3)C2)c1. The number of rotatable bonds is 4. The van der Waals surface area contributed by atoms with Crippen molar-refractivity contribution in [3.05, 3.63) is 29.8 Å². The smallest absolute Gasteiger partial charge is 0.253 e. The van der Waals surface area contributed by atoms with Gasteiger partial charge in [0, 0.05) is 32.0 Å². The number of likely N-dealkylation sites (N-methyl/N-ethyl adjacent to an activating group) is 1. The second-order valence-corrected chi connectivity index (χ2v) is 7.33. The van der Waals surface area contributed by atoms with E-state index in [9.17, 15) is 9.90 Å². The number of carbonyl (C=O) groups is 1. The molecular weight excluding hydrogens is 320 g/mol. The summed E-state index contributed by atoms with van der Waals surface area (Å²) in [7, 11) is 3.32. The number of aliphatic hydroxyl groups is 1. The molecule has 0 bridgehead atoms. The van der Waals surface area contributed by atoms with Gasteiger partial charge < -0.3 is 24.8 Å². The maximum Gasteiger partial charge on any atom is 0.253 e. The van der Waals surface area contributed by atoms with Gasteiger partial charge in [0.25, 0.3) is 5.91 Å². The minimum Gasteiger partial charge on any atom is -0.497 e. The van der Waals surface area contributed by atoms with E-state index in [1.54, 1.807) is 37.3 Å². The molecular formula is C19H28N2O4. The molecule has 1 atom stereocenters. The Labute approximate surface area is 149 Å². The number of nitrogens with one attached hydrogen (secondary N) is 1. The van der Waals surface area contributed by atoms with E-state index in [0.717, 1.165) is 25.9 Å². The highest BCUT2D eigenvalue weighted by Gasteiger charge is 2.46. The van der Waals surface area contributed by atoms with Crippen LogP contribution in [0.25, 0.3) is 0 Å². The van der Waals surface area contributed by atoms with E-state index in [1.807, 2.05) is 6.07 Å². The van der Waals surface area contributed by atoms with Crippen LogP contribution in [0, 0.1) is 0 Å². The van der Waals surface area contributed by atoms with E-state index in [4.69, 9.17) is 9.47 Å². The summed E-state index contributed by atoms with van der Waals surface area (Å²) >= 11 is 0. The van der Waals surface area contributed by atoms with Gasteiger partial charge in [-0.2, -0.15) is 0 Å². The summed E-state index contributed by atoms with van der Waals surface area (Å²) in [5.74, 6) is 0.538. The normalized spacial score (nSPS) is 25.6. The van der Waals surface area contributed by atoms with Gasteiger partial charge >= 0.3 is 0 Å². The van der Waals surface area contributed by atoms with Crippen LogP contribution in [0.5, 0.6) is 5.75 Å². The van der Waals surface area contributed by atoms with E-state index >= 15 is 0 Å². The lowest BCUT2D eigenvalue weighted by Gasteiger charge is -2.48. The van der Waals surface area contributed by atoms with E-state index in [-0.39, 0.29) is 11.5 Å². The van der Waals surface area contributed by atoms with Crippen molar-refractivity contribution in [2.45, 2.75) is 36.9 Å². The van der Waals surface area contributed by atoms with Crippen molar-refractivity contribution in [1.82, 2.24) is 10.2 Å². The number of hydrogen-bond donors (Lipinski definition) is 2. The van der Waals surface area contributed by atoms with Crippen molar-refractivity contribution < 1.29 is 19.4 Å². The summed E-state index contributed by atoms with van der Waals surface area (Å²) in [6, 6.07) is 7.10. The number of carbonyl (C=O) groups excluding carboxylic acids is 1. The second-order valence-electron chi connectivity index (χ2n) is 7.33. The Morgan fingerprint density at radius 1 is 1.36 bits per heavy atom. The van der Waals surface area contributed by atoms with Crippen molar-refractivity contribution in [1.29, 1.82) is 0 Å². The van der Waals surface area contributed by atoms with Crippen LogP contribution in [-0.4, -0.2) is 67.5 Å². The van der Waals surface area contributed by atoms with E-state index in [1.165, 1.54) is 0 Å².